The molecule has 0 saturated heterocycles. The molecule has 10 heterocycles. The summed E-state index contributed by atoms with van der Waals surface area (Å²) in [5, 5.41) is 35.8. The van der Waals surface area contributed by atoms with Gasteiger partial charge in [-0.15, -0.1) is 45.3 Å². The molecule has 0 N–H and O–H groups in total. The zero-order valence-corrected chi connectivity index (χ0v) is 80.1. The smallest absolute Gasteiger partial charge is 0.180 e. The first kappa shape index (κ1) is 82.0. The summed E-state index contributed by atoms with van der Waals surface area (Å²) >= 11 is 7.21. The Kier molecular flexibility index (Phi) is 18.7. The molecule has 13 heteroatoms. The average Bonchev–Trinajstić information content (AvgIpc) is 1.49. The first-order chi connectivity index (χ1) is 71.4. The van der Waals surface area contributed by atoms with Crippen molar-refractivity contribution in [3.05, 3.63) is 449 Å². The number of aromatic nitrogens is 7. The minimum absolute atomic E-state index is 0.581. The molecule has 144 heavy (non-hydrogen) atoms. The van der Waals surface area contributed by atoms with E-state index in [-0.39, 0.29) is 0 Å². The first-order valence-electron chi connectivity index (χ1n) is 48.4. The summed E-state index contributed by atoms with van der Waals surface area (Å²) in [4.78, 5) is 41.4. The lowest BCUT2D eigenvalue weighted by atomic mass is 9.94. The summed E-state index contributed by atoms with van der Waals surface area (Å²) in [6, 6.07) is 160. The van der Waals surface area contributed by atoms with E-state index in [1.807, 2.05) is 52.2 Å². The van der Waals surface area contributed by atoms with Crippen molar-refractivity contribution >= 4 is 295 Å². The number of pyridine rings is 3. The Morgan fingerprint density at radius 3 is 1.05 bits per heavy atom. The number of fused-ring (bicyclic) bond motifs is 39. The Morgan fingerprint density at radius 1 is 0.188 bits per heavy atom. The van der Waals surface area contributed by atoms with Crippen molar-refractivity contribution in [3.8, 4) is 56.8 Å². The van der Waals surface area contributed by atoms with E-state index in [1.54, 1.807) is 11.3 Å². The number of nitrogens with zero attached hydrogens (tertiary/aromatic N) is 8. The van der Waals surface area contributed by atoms with Crippen LogP contribution in [-0.4, -0.2) is 34.9 Å². The second-order valence-corrected chi connectivity index (χ2v) is 41.1. The quantitative estimate of drug-likeness (QED) is 0.138. The van der Waals surface area contributed by atoms with Gasteiger partial charge in [-0.25, -0.2) is 34.9 Å². The van der Waals surface area contributed by atoms with Gasteiger partial charge >= 0.3 is 0 Å². The van der Waals surface area contributed by atoms with Crippen molar-refractivity contribution in [2.24, 2.45) is 0 Å². The largest absolute Gasteiger partial charge is 0.452 e. The monoisotopic (exact) mass is 1900 g/mol. The van der Waals surface area contributed by atoms with E-state index in [9.17, 15) is 0 Å². The van der Waals surface area contributed by atoms with Gasteiger partial charge in [-0.05, 0) is 160 Å². The molecule has 0 amide bonds. The molecule has 0 bridgehead atoms. The average molecular weight is 1900 g/mol. The van der Waals surface area contributed by atoms with Crippen LogP contribution in [0.5, 0.6) is 0 Å². The fourth-order valence-corrected chi connectivity index (χ4v) is 27.3. The summed E-state index contributed by atoms with van der Waals surface area (Å²) < 4.78 is 15.2. The molecule has 0 atom stereocenters. The summed E-state index contributed by atoms with van der Waals surface area (Å²) in [6.07, 6.45) is 0. The summed E-state index contributed by atoms with van der Waals surface area (Å²) in [5.74, 6) is 1.23. The van der Waals surface area contributed by atoms with Gasteiger partial charge in [0.25, 0.3) is 0 Å². The lowest BCUT2D eigenvalue weighted by molar-refractivity contribution is 0.667. The molecule has 0 spiro atoms. The fourth-order valence-electron chi connectivity index (χ4n) is 22.6. The van der Waals surface area contributed by atoms with Gasteiger partial charge < -0.3 is 9.32 Å². The third-order valence-corrected chi connectivity index (χ3v) is 33.5. The van der Waals surface area contributed by atoms with Gasteiger partial charge in [-0.2, -0.15) is 0 Å². The van der Waals surface area contributed by atoms with Crippen molar-refractivity contribution < 1.29 is 4.42 Å². The summed E-state index contributed by atoms with van der Waals surface area (Å²) in [7, 11) is 0. The van der Waals surface area contributed by atoms with Gasteiger partial charge in [-0.3, -0.25) is 0 Å². The van der Waals surface area contributed by atoms with E-state index in [0.29, 0.717) is 17.2 Å². The lowest BCUT2D eigenvalue weighted by Gasteiger charge is -2.26. The van der Waals surface area contributed by atoms with Crippen LogP contribution in [0.25, 0.3) is 289 Å². The van der Waals surface area contributed by atoms with E-state index >= 15 is 0 Å². The second kappa shape index (κ2) is 32.8. The van der Waals surface area contributed by atoms with Crippen molar-refractivity contribution in [3.63, 3.8) is 0 Å². The van der Waals surface area contributed by atoms with Crippen LogP contribution in [0.2, 0.25) is 0 Å². The van der Waals surface area contributed by atoms with Crippen LogP contribution in [0, 0.1) is 0 Å². The highest BCUT2D eigenvalue weighted by atomic mass is 32.1. The Balaban J connectivity index is 0.000000101. The van der Waals surface area contributed by atoms with Crippen LogP contribution in [0.1, 0.15) is 0 Å². The molecule has 22 aromatic carbocycles. The predicted octanol–water partition coefficient (Wildman–Crippen LogP) is 37.8. The predicted molar refractivity (Wildman–Crippen MR) is 615 cm³/mol. The Hall–Kier alpha value is -18.0. The minimum Gasteiger partial charge on any atom is -0.452 e. The third-order valence-electron chi connectivity index (χ3n) is 28.9. The highest BCUT2D eigenvalue weighted by Crippen LogP contribution is 2.54. The zero-order valence-electron chi connectivity index (χ0n) is 76.8. The molecule has 32 aromatic rings. The molecular weight excluding hydrogens is 1830 g/mol. The van der Waals surface area contributed by atoms with Gasteiger partial charge in [-0.1, -0.05) is 370 Å². The van der Waals surface area contributed by atoms with E-state index in [4.69, 9.17) is 39.3 Å². The van der Waals surface area contributed by atoms with Crippen LogP contribution in [-0.2, 0) is 0 Å². The van der Waals surface area contributed by atoms with Crippen LogP contribution >= 0.6 is 45.3 Å². The summed E-state index contributed by atoms with van der Waals surface area (Å²) in [5.41, 5.74) is 16.1. The maximum Gasteiger partial charge on any atom is 0.180 e. The lowest BCUT2D eigenvalue weighted by Crippen LogP contribution is -2.09. The molecule has 668 valence electrons. The number of rotatable bonds is 8. The number of anilines is 3. The highest BCUT2D eigenvalue weighted by Gasteiger charge is 2.29. The number of benzene rings is 22. The van der Waals surface area contributed by atoms with Crippen LogP contribution < -0.4 is 4.90 Å². The Morgan fingerprint density at radius 2 is 0.535 bits per heavy atom. The zero-order chi connectivity index (χ0) is 94.3. The van der Waals surface area contributed by atoms with Crippen molar-refractivity contribution in [1.29, 1.82) is 0 Å². The van der Waals surface area contributed by atoms with Gasteiger partial charge in [0.1, 0.15) is 33.0 Å². The van der Waals surface area contributed by atoms with Gasteiger partial charge in [0.2, 0.25) is 0 Å². The van der Waals surface area contributed by atoms with Crippen LogP contribution in [0.4, 0.5) is 17.1 Å². The maximum atomic E-state index is 6.53. The first-order valence-corrected chi connectivity index (χ1v) is 51.6. The molecule has 0 unspecified atom stereocenters. The molecule has 0 saturated carbocycles. The topological polar surface area (TPSA) is 107 Å². The fraction of sp³-hybridized carbons (Fsp3) is 0. The number of para-hydroxylation sites is 2. The number of hydrogen-bond donors (Lipinski definition) is 0. The molecule has 0 radical (unpaired) electrons. The van der Waals surface area contributed by atoms with Crippen molar-refractivity contribution in [2.45, 2.75) is 0 Å². The molecule has 10 aromatic heterocycles. The highest BCUT2D eigenvalue weighted by molar-refractivity contribution is 7.28. The van der Waals surface area contributed by atoms with E-state index < -0.39 is 0 Å². The molecule has 0 aliphatic carbocycles. The molecule has 0 aliphatic rings. The van der Waals surface area contributed by atoms with Crippen LogP contribution in [0.15, 0.2) is 453 Å². The molecule has 9 nitrogen and oxygen atoms in total. The van der Waals surface area contributed by atoms with E-state index in [1.165, 1.54) is 146 Å². The maximum absolute atomic E-state index is 6.53. The Bertz CT molecular complexity index is 11100. The molecule has 32 rings (SSSR count). The summed E-state index contributed by atoms with van der Waals surface area (Å²) in [6.45, 7) is 0. The SMILES string of the molecule is c1ccc(N(c2ccc(-c3nc4c5sc6ccccc6c5c5ccccc5c4c4ccccc34)cc2)c2ccc3ccccc3c2)cc1.c1ccc2c(-c3nc(-c4nc5c6sc7ccccc7c6c6ccccc6c5c5ccccc45)nc4c3oc3ccccc34)cccc2c1.c1ccc2cc(-c3nc(-c4nc5c6sc7ccccc7c6c6ccccc6c5c5ccccc45)nc4sc5ccccc5c34)ccc2c1. The second-order valence-electron chi connectivity index (χ2n) is 36.9. The van der Waals surface area contributed by atoms with Crippen molar-refractivity contribution in [1.82, 2.24) is 34.9 Å². The van der Waals surface area contributed by atoms with Gasteiger partial charge in [0.05, 0.1) is 42.0 Å². The normalized spacial score (nSPS) is 12.0. The number of furan rings is 1. The minimum atomic E-state index is 0.581. The number of thiophene rings is 4. The number of hydrogen-bond acceptors (Lipinski definition) is 13. The van der Waals surface area contributed by atoms with Gasteiger partial charge in [0.15, 0.2) is 17.2 Å². The van der Waals surface area contributed by atoms with Crippen LogP contribution in [0.3, 0.4) is 0 Å². The molecule has 0 aliphatic heterocycles. The van der Waals surface area contributed by atoms with Gasteiger partial charge in [0, 0.05) is 133 Å². The standard InChI is InChI=1S/C45H28N2S.C43H23N3OS.C43H23N3S2/c1-2-14-32(15-3-1)47(34-27-22-29-12-4-5-13-31(29)28-34)33-25-23-30(24-26-33)43-38-19-9-8-18-37(38)41-35-16-6-7-17-36(35)42-39-20-10-11-21-40(39)48-45(42)44(41)46-43;1-2-14-25-24(12-1)13-11-21-29(25)37-41-38(31-19-7-9-22-33(31)47-41)46-43(45-37)39-30-18-6-5-17-28(30)35-26-15-3-4-16-27(26)36-32-20-8-10-23-34(32)48-42(36)40(35)44-39;1-2-12-25-23-26(22-21-24(25)11-1)38-37-32-18-8-10-20-34(32)48-43(37)46-42(45-38)39-30-16-6-5-15-29(30)35-27-13-3-4-14-28(27)36-31-17-7-9-19-33(31)47-41(36)40(35)44-39/h1-28H;2*1-23H. The van der Waals surface area contributed by atoms with E-state index in [2.05, 4.69) is 436 Å². The molecular formula is C131H74N8OS4. The third kappa shape index (κ3) is 12.9. The Labute approximate surface area is 838 Å². The van der Waals surface area contributed by atoms with Crippen molar-refractivity contribution in [2.75, 3.05) is 4.90 Å². The van der Waals surface area contributed by atoms with E-state index in [0.717, 1.165) is 143 Å². The molecule has 0 fully saturated rings.